The van der Waals surface area contributed by atoms with Gasteiger partial charge >= 0.3 is 0 Å². The van der Waals surface area contributed by atoms with Crippen LogP contribution in [0.3, 0.4) is 0 Å². The van der Waals surface area contributed by atoms with Gasteiger partial charge in [0.2, 0.25) is 0 Å². The number of phenolic OH excluding ortho intramolecular Hbond substituents is 1. The molecule has 0 bridgehead atoms. The van der Waals surface area contributed by atoms with E-state index in [0.29, 0.717) is 5.92 Å². The van der Waals surface area contributed by atoms with E-state index in [-0.39, 0.29) is 17.2 Å². The van der Waals surface area contributed by atoms with Crippen LogP contribution in [0, 0.1) is 17.2 Å². The third-order valence-corrected chi connectivity index (χ3v) is 3.89. The first-order valence-electron chi connectivity index (χ1n) is 6.46. The van der Waals surface area contributed by atoms with Gasteiger partial charge in [-0.25, -0.2) is 4.39 Å². The number of hydrogen-bond donors (Lipinski definition) is 2. The normalized spacial score (nSPS) is 13.9. The SMILES string of the molecule is CC(NCC(C)(C)C(C)C)c1ccc(F)cc1O. The summed E-state index contributed by atoms with van der Waals surface area (Å²) in [7, 11) is 0. The van der Waals surface area contributed by atoms with E-state index in [1.54, 1.807) is 6.07 Å². The lowest BCUT2D eigenvalue weighted by Gasteiger charge is -2.31. The van der Waals surface area contributed by atoms with Crippen LogP contribution < -0.4 is 5.32 Å². The highest BCUT2D eigenvalue weighted by atomic mass is 19.1. The third-order valence-electron chi connectivity index (χ3n) is 3.89. The molecule has 0 spiro atoms. The van der Waals surface area contributed by atoms with Crippen molar-refractivity contribution in [1.29, 1.82) is 0 Å². The van der Waals surface area contributed by atoms with Crippen molar-refractivity contribution in [2.45, 2.75) is 40.7 Å². The molecule has 0 fully saturated rings. The predicted molar refractivity (Wildman–Crippen MR) is 73.1 cm³/mol. The Balaban J connectivity index is 2.69. The van der Waals surface area contributed by atoms with Crippen molar-refractivity contribution >= 4 is 0 Å². The first-order valence-corrected chi connectivity index (χ1v) is 6.46. The number of phenols is 1. The van der Waals surface area contributed by atoms with E-state index in [4.69, 9.17) is 0 Å². The van der Waals surface area contributed by atoms with Gasteiger partial charge in [0, 0.05) is 24.2 Å². The van der Waals surface area contributed by atoms with Crippen LogP contribution in [0.5, 0.6) is 5.75 Å². The Morgan fingerprint density at radius 2 is 1.89 bits per heavy atom. The summed E-state index contributed by atoms with van der Waals surface area (Å²) in [4.78, 5) is 0. The van der Waals surface area contributed by atoms with E-state index in [2.05, 4.69) is 33.0 Å². The Morgan fingerprint density at radius 3 is 2.39 bits per heavy atom. The zero-order valence-electron chi connectivity index (χ0n) is 11.9. The van der Waals surface area contributed by atoms with Crippen LogP contribution in [0.25, 0.3) is 0 Å². The maximum Gasteiger partial charge on any atom is 0.126 e. The number of benzene rings is 1. The number of hydrogen-bond acceptors (Lipinski definition) is 2. The zero-order valence-corrected chi connectivity index (χ0v) is 11.9. The second-order valence-electron chi connectivity index (χ2n) is 5.95. The Labute approximate surface area is 109 Å². The van der Waals surface area contributed by atoms with E-state index < -0.39 is 5.82 Å². The molecule has 0 amide bonds. The Morgan fingerprint density at radius 1 is 1.28 bits per heavy atom. The molecule has 18 heavy (non-hydrogen) atoms. The third kappa shape index (κ3) is 3.70. The molecule has 0 heterocycles. The van der Waals surface area contributed by atoms with Crippen molar-refractivity contribution in [3.8, 4) is 5.75 Å². The zero-order chi connectivity index (χ0) is 13.9. The van der Waals surface area contributed by atoms with Crippen LogP contribution in [-0.2, 0) is 0 Å². The van der Waals surface area contributed by atoms with Gasteiger partial charge in [0.25, 0.3) is 0 Å². The molecular weight excluding hydrogens is 229 g/mol. The lowest BCUT2D eigenvalue weighted by molar-refractivity contribution is 0.230. The molecule has 0 saturated heterocycles. The minimum absolute atomic E-state index is 0.00336. The largest absolute Gasteiger partial charge is 0.508 e. The fourth-order valence-electron chi connectivity index (χ4n) is 1.61. The van der Waals surface area contributed by atoms with Crippen LogP contribution in [0.4, 0.5) is 4.39 Å². The van der Waals surface area contributed by atoms with E-state index in [0.717, 1.165) is 18.2 Å². The highest BCUT2D eigenvalue weighted by Gasteiger charge is 2.23. The second-order valence-corrected chi connectivity index (χ2v) is 5.95. The summed E-state index contributed by atoms with van der Waals surface area (Å²) >= 11 is 0. The maximum atomic E-state index is 12.9. The van der Waals surface area contributed by atoms with E-state index in [9.17, 15) is 9.50 Å². The average molecular weight is 253 g/mol. The molecule has 3 heteroatoms. The van der Waals surface area contributed by atoms with E-state index in [1.165, 1.54) is 6.07 Å². The van der Waals surface area contributed by atoms with Gasteiger partial charge in [-0.2, -0.15) is 0 Å². The molecule has 1 aromatic carbocycles. The molecule has 0 saturated carbocycles. The van der Waals surface area contributed by atoms with Gasteiger partial charge in [-0.1, -0.05) is 33.8 Å². The molecule has 0 aliphatic rings. The van der Waals surface area contributed by atoms with Crippen molar-refractivity contribution in [2.75, 3.05) is 6.54 Å². The molecule has 0 aliphatic carbocycles. The summed E-state index contributed by atoms with van der Waals surface area (Å²) in [5.41, 5.74) is 0.917. The molecule has 0 aromatic heterocycles. The summed E-state index contributed by atoms with van der Waals surface area (Å²) in [5.74, 6) is 0.169. The van der Waals surface area contributed by atoms with Crippen molar-refractivity contribution in [2.24, 2.45) is 11.3 Å². The molecule has 102 valence electrons. The highest BCUT2D eigenvalue weighted by molar-refractivity contribution is 5.34. The molecule has 2 N–H and O–H groups in total. The monoisotopic (exact) mass is 253 g/mol. The Bertz CT molecular complexity index is 401. The van der Waals surface area contributed by atoms with Crippen molar-refractivity contribution in [3.63, 3.8) is 0 Å². The fraction of sp³-hybridized carbons (Fsp3) is 0.600. The van der Waals surface area contributed by atoms with Gasteiger partial charge in [0.15, 0.2) is 0 Å². The van der Waals surface area contributed by atoms with E-state index >= 15 is 0 Å². The average Bonchev–Trinajstić information content (AvgIpc) is 2.25. The minimum atomic E-state index is -0.411. The number of aromatic hydroxyl groups is 1. The van der Waals surface area contributed by atoms with Gasteiger partial charge in [0.05, 0.1) is 0 Å². The van der Waals surface area contributed by atoms with E-state index in [1.807, 2.05) is 6.92 Å². The standard InChI is InChI=1S/C15H24FNO/c1-10(2)15(4,5)9-17-11(3)13-7-6-12(16)8-14(13)18/h6-8,10-11,17-18H,9H2,1-5H3. The quantitative estimate of drug-likeness (QED) is 0.835. The first kappa shape index (κ1) is 15.0. The second kappa shape index (κ2) is 5.70. The number of halogens is 1. The van der Waals surface area contributed by atoms with Gasteiger partial charge < -0.3 is 10.4 Å². The molecule has 0 aliphatic heterocycles. The Hall–Kier alpha value is -1.09. The lowest BCUT2D eigenvalue weighted by atomic mass is 9.81. The summed E-state index contributed by atoms with van der Waals surface area (Å²) in [6.45, 7) is 11.6. The molecule has 2 nitrogen and oxygen atoms in total. The minimum Gasteiger partial charge on any atom is -0.508 e. The van der Waals surface area contributed by atoms with Gasteiger partial charge in [-0.15, -0.1) is 0 Å². The van der Waals surface area contributed by atoms with Crippen LogP contribution in [-0.4, -0.2) is 11.7 Å². The highest BCUT2D eigenvalue weighted by Crippen LogP contribution is 2.28. The summed E-state index contributed by atoms with van der Waals surface area (Å²) in [5, 5.41) is 13.1. The van der Waals surface area contributed by atoms with Gasteiger partial charge in [0.1, 0.15) is 11.6 Å². The van der Waals surface area contributed by atoms with Crippen LogP contribution in [0.2, 0.25) is 0 Å². The van der Waals surface area contributed by atoms with Crippen LogP contribution >= 0.6 is 0 Å². The van der Waals surface area contributed by atoms with Crippen LogP contribution in [0.1, 0.15) is 46.2 Å². The van der Waals surface area contributed by atoms with Crippen LogP contribution in [0.15, 0.2) is 18.2 Å². The summed E-state index contributed by atoms with van der Waals surface area (Å²) in [6.07, 6.45) is 0. The summed E-state index contributed by atoms with van der Waals surface area (Å²) in [6, 6.07) is 4.16. The molecule has 1 rings (SSSR count). The lowest BCUT2D eigenvalue weighted by Crippen LogP contribution is -2.34. The van der Waals surface area contributed by atoms with Crippen molar-refractivity contribution < 1.29 is 9.50 Å². The molecule has 1 atom stereocenters. The molecule has 1 unspecified atom stereocenters. The number of rotatable bonds is 5. The van der Waals surface area contributed by atoms with Gasteiger partial charge in [-0.3, -0.25) is 0 Å². The predicted octanol–water partition coefficient (Wildman–Crippen LogP) is 3.86. The summed E-state index contributed by atoms with van der Waals surface area (Å²) < 4.78 is 12.9. The smallest absolute Gasteiger partial charge is 0.126 e. The van der Waals surface area contributed by atoms with Crippen molar-refractivity contribution in [3.05, 3.63) is 29.6 Å². The molecule has 0 radical (unpaired) electrons. The van der Waals surface area contributed by atoms with Crippen molar-refractivity contribution in [1.82, 2.24) is 5.32 Å². The fourth-order valence-corrected chi connectivity index (χ4v) is 1.61. The number of nitrogens with one attached hydrogen (secondary N) is 1. The van der Waals surface area contributed by atoms with Gasteiger partial charge in [-0.05, 0) is 24.3 Å². The topological polar surface area (TPSA) is 32.3 Å². The maximum absolute atomic E-state index is 12.9. The Kier molecular flexibility index (Phi) is 4.74. The molecular formula is C15H24FNO. The molecule has 1 aromatic rings. The first-order chi connectivity index (χ1) is 8.24.